The summed E-state index contributed by atoms with van der Waals surface area (Å²) in [5.41, 5.74) is 0. The average molecular weight is 148 g/mol. The van der Waals surface area contributed by atoms with E-state index >= 15 is 0 Å². The van der Waals surface area contributed by atoms with Crippen LogP contribution < -0.4 is 9.79 Å². The van der Waals surface area contributed by atoms with Gasteiger partial charge in [-0.3, -0.25) is 4.67 Å². The molecule has 0 rings (SSSR count). The van der Waals surface area contributed by atoms with Gasteiger partial charge in [0, 0.05) is 14.3 Å². The Hall–Kier alpha value is -0.560. The van der Waals surface area contributed by atoms with Crippen LogP contribution in [0.4, 0.5) is 0 Å². The van der Waals surface area contributed by atoms with Gasteiger partial charge >= 0.3 is 0 Å². The van der Waals surface area contributed by atoms with Gasteiger partial charge in [0.25, 0.3) is 0 Å². The molecule has 6 heteroatoms. The Morgan fingerprint density at radius 1 is 1.78 bits per heavy atom. The standard InChI is InChI=1S/C3H7N2O3P/c1-2-5(3-4)9(6,7)8/h2H2,1H3,(H2,6,7,8)/p-2. The number of nitriles is 1. The summed E-state index contributed by atoms with van der Waals surface area (Å²) in [6, 6.07) is 0. The lowest BCUT2D eigenvalue weighted by molar-refractivity contribution is -0.326. The highest BCUT2D eigenvalue weighted by Gasteiger charge is 1.99. The Morgan fingerprint density at radius 2 is 2.22 bits per heavy atom. The number of hydrogen-bond acceptors (Lipinski definition) is 4. The van der Waals surface area contributed by atoms with Gasteiger partial charge in [-0.15, -0.1) is 0 Å². The van der Waals surface area contributed by atoms with E-state index < -0.39 is 7.75 Å². The molecule has 0 saturated heterocycles. The van der Waals surface area contributed by atoms with E-state index in [1.807, 2.05) is 0 Å². The Kier molecular flexibility index (Phi) is 2.65. The van der Waals surface area contributed by atoms with Crippen molar-refractivity contribution >= 4 is 7.75 Å². The zero-order chi connectivity index (χ0) is 7.49. The fourth-order valence-corrected chi connectivity index (χ4v) is 0.755. The first-order valence-electron chi connectivity index (χ1n) is 2.22. The van der Waals surface area contributed by atoms with E-state index in [-0.39, 0.29) is 11.2 Å². The van der Waals surface area contributed by atoms with Crippen LogP contribution in [0.5, 0.6) is 0 Å². The quantitative estimate of drug-likeness (QED) is 0.273. The van der Waals surface area contributed by atoms with Crippen LogP contribution in [0, 0.1) is 11.5 Å². The van der Waals surface area contributed by atoms with Crippen molar-refractivity contribution in [2.45, 2.75) is 6.92 Å². The van der Waals surface area contributed by atoms with Gasteiger partial charge in [0.05, 0.1) is 0 Å². The molecule has 0 N–H and O–H groups in total. The molecule has 0 saturated carbocycles. The monoisotopic (exact) mass is 148 g/mol. The molecule has 0 amide bonds. The molecule has 0 aliphatic heterocycles. The van der Waals surface area contributed by atoms with E-state index in [1.165, 1.54) is 13.1 Å². The second-order valence-corrected chi connectivity index (χ2v) is 2.70. The van der Waals surface area contributed by atoms with E-state index in [0.717, 1.165) is 0 Å². The Labute approximate surface area is 52.7 Å². The van der Waals surface area contributed by atoms with Crippen LogP contribution >= 0.6 is 7.75 Å². The number of rotatable bonds is 2. The SMILES string of the molecule is CCN(C#N)P(=O)([O-])[O-]. The lowest BCUT2D eigenvalue weighted by Gasteiger charge is -2.36. The van der Waals surface area contributed by atoms with E-state index in [9.17, 15) is 14.4 Å². The molecule has 0 bridgehead atoms. The molecule has 0 fully saturated rings. The highest BCUT2D eigenvalue weighted by molar-refractivity contribution is 7.46. The van der Waals surface area contributed by atoms with Crippen molar-refractivity contribution in [3.05, 3.63) is 0 Å². The molecule has 0 spiro atoms. The minimum absolute atomic E-state index is 0.0965. The number of nitrogens with zero attached hydrogens (tertiary/aromatic N) is 2. The predicted molar refractivity (Wildman–Crippen MR) is 25.6 cm³/mol. The molecule has 5 nitrogen and oxygen atoms in total. The molecule has 0 aromatic rings. The molecule has 0 unspecified atom stereocenters. The Bertz CT molecular complexity index is 168. The van der Waals surface area contributed by atoms with Gasteiger partial charge in [-0.1, -0.05) is 0 Å². The fourth-order valence-electron chi connectivity index (χ4n) is 0.299. The van der Waals surface area contributed by atoms with E-state index in [0.29, 0.717) is 0 Å². The first kappa shape index (κ1) is 8.44. The number of hydrogen-bond donors (Lipinski definition) is 0. The summed E-state index contributed by atoms with van der Waals surface area (Å²) in [7, 11) is -4.80. The van der Waals surface area contributed by atoms with Crippen LogP contribution in [-0.4, -0.2) is 11.2 Å². The lowest BCUT2D eigenvalue weighted by atomic mass is 10.8. The van der Waals surface area contributed by atoms with Crippen molar-refractivity contribution in [3.63, 3.8) is 0 Å². The Balaban J connectivity index is 4.18. The fraction of sp³-hybridized carbons (Fsp3) is 0.667. The van der Waals surface area contributed by atoms with E-state index in [2.05, 4.69) is 0 Å². The molecule has 0 aromatic heterocycles. The van der Waals surface area contributed by atoms with Crippen molar-refractivity contribution in [2.75, 3.05) is 6.54 Å². The molecule has 0 radical (unpaired) electrons. The van der Waals surface area contributed by atoms with Crippen LogP contribution in [-0.2, 0) is 4.57 Å². The topological polar surface area (TPSA) is 90.2 Å². The summed E-state index contributed by atoms with van der Waals surface area (Å²) in [6.07, 6.45) is 1.24. The van der Waals surface area contributed by atoms with Crippen molar-refractivity contribution in [1.29, 1.82) is 5.26 Å². The summed E-state index contributed by atoms with van der Waals surface area (Å²) in [5.74, 6) is 0. The van der Waals surface area contributed by atoms with Crippen LogP contribution in [0.15, 0.2) is 0 Å². The molecule has 0 aliphatic rings. The summed E-state index contributed by atoms with van der Waals surface area (Å²) in [6.45, 7) is 1.31. The molecule has 9 heavy (non-hydrogen) atoms. The molecule has 0 atom stereocenters. The van der Waals surface area contributed by atoms with Crippen LogP contribution in [0.2, 0.25) is 0 Å². The zero-order valence-corrected chi connectivity index (χ0v) is 5.67. The second kappa shape index (κ2) is 2.83. The van der Waals surface area contributed by atoms with E-state index in [4.69, 9.17) is 5.26 Å². The van der Waals surface area contributed by atoms with Gasteiger partial charge < -0.3 is 14.4 Å². The molecule has 52 valence electrons. The predicted octanol–water partition coefficient (Wildman–Crippen LogP) is -1.38. The van der Waals surface area contributed by atoms with Crippen LogP contribution in [0.25, 0.3) is 0 Å². The third kappa shape index (κ3) is 2.47. The minimum atomic E-state index is -4.80. The minimum Gasteiger partial charge on any atom is -0.794 e. The third-order valence-corrected chi connectivity index (χ3v) is 1.67. The Morgan fingerprint density at radius 3 is 2.22 bits per heavy atom. The van der Waals surface area contributed by atoms with Gasteiger partial charge in [0.1, 0.15) is 0 Å². The third-order valence-electron chi connectivity index (χ3n) is 0.711. The van der Waals surface area contributed by atoms with Crippen molar-refractivity contribution in [2.24, 2.45) is 0 Å². The van der Waals surface area contributed by atoms with Gasteiger partial charge in [-0.2, -0.15) is 5.26 Å². The summed E-state index contributed by atoms with van der Waals surface area (Å²) in [5, 5.41) is 7.97. The van der Waals surface area contributed by atoms with Crippen LogP contribution in [0.3, 0.4) is 0 Å². The molecule has 0 aliphatic carbocycles. The van der Waals surface area contributed by atoms with Gasteiger partial charge in [-0.05, 0) is 6.92 Å². The van der Waals surface area contributed by atoms with Crippen molar-refractivity contribution in [1.82, 2.24) is 4.67 Å². The average Bonchev–Trinajstić information content (AvgIpc) is 1.65. The highest BCUT2D eigenvalue weighted by Crippen LogP contribution is 2.27. The smallest absolute Gasteiger partial charge is 0.183 e. The largest absolute Gasteiger partial charge is 0.794 e. The van der Waals surface area contributed by atoms with Gasteiger partial charge in [0.15, 0.2) is 6.19 Å². The zero-order valence-electron chi connectivity index (χ0n) is 4.77. The second-order valence-electron chi connectivity index (χ2n) is 1.28. The molecule has 0 aromatic carbocycles. The summed E-state index contributed by atoms with van der Waals surface area (Å²) in [4.78, 5) is 19.9. The van der Waals surface area contributed by atoms with E-state index in [1.54, 1.807) is 0 Å². The maximum absolute atomic E-state index is 9.97. The normalized spacial score (nSPS) is 10.4. The molecular weight excluding hydrogens is 143 g/mol. The van der Waals surface area contributed by atoms with Crippen LogP contribution in [0.1, 0.15) is 6.92 Å². The molecule has 0 heterocycles. The maximum atomic E-state index is 9.97. The van der Waals surface area contributed by atoms with Gasteiger partial charge in [0.2, 0.25) is 0 Å². The van der Waals surface area contributed by atoms with Gasteiger partial charge in [-0.25, -0.2) is 0 Å². The highest BCUT2D eigenvalue weighted by atomic mass is 31.2. The van der Waals surface area contributed by atoms with Crippen molar-refractivity contribution < 1.29 is 14.4 Å². The molecular formula is C3H5N2O3P-2. The first-order chi connectivity index (χ1) is 4.02. The lowest BCUT2D eigenvalue weighted by Crippen LogP contribution is -2.29. The summed E-state index contributed by atoms with van der Waals surface area (Å²) < 4.78 is 10.2. The maximum Gasteiger partial charge on any atom is 0.183 e. The van der Waals surface area contributed by atoms with Crippen molar-refractivity contribution in [3.8, 4) is 6.19 Å². The first-order valence-corrected chi connectivity index (χ1v) is 3.71. The summed E-state index contributed by atoms with van der Waals surface area (Å²) >= 11 is 0.